The number of imidazole rings is 1. The first-order valence-corrected chi connectivity index (χ1v) is 6.17. The molecule has 2 N–H and O–H groups in total. The average molecular weight is 266 g/mol. The summed E-state index contributed by atoms with van der Waals surface area (Å²) < 4.78 is 7.21. The molecule has 0 radical (unpaired) electrons. The number of ether oxygens (including phenoxy) is 1. The van der Waals surface area contributed by atoms with Crippen LogP contribution in [0.25, 0.3) is 16.9 Å². The van der Waals surface area contributed by atoms with Crippen molar-refractivity contribution in [2.75, 3.05) is 12.8 Å². The summed E-state index contributed by atoms with van der Waals surface area (Å²) in [4.78, 5) is 8.33. The highest BCUT2D eigenvalue weighted by molar-refractivity contribution is 5.72. The molecule has 0 atom stereocenters. The van der Waals surface area contributed by atoms with Crippen LogP contribution in [0.2, 0.25) is 0 Å². The van der Waals surface area contributed by atoms with E-state index in [1.54, 1.807) is 25.8 Å². The number of nitrogen functional groups attached to an aromatic ring is 1. The molecule has 0 unspecified atom stereocenters. The molecule has 0 saturated heterocycles. The van der Waals surface area contributed by atoms with Gasteiger partial charge >= 0.3 is 0 Å². The summed E-state index contributed by atoms with van der Waals surface area (Å²) in [7, 11) is 1.65. The first kappa shape index (κ1) is 12.2. The van der Waals surface area contributed by atoms with Gasteiger partial charge in [0.05, 0.1) is 31.0 Å². The Hall–Kier alpha value is -2.82. The zero-order valence-corrected chi connectivity index (χ0v) is 11.0. The van der Waals surface area contributed by atoms with Crippen molar-refractivity contribution in [1.29, 1.82) is 0 Å². The van der Waals surface area contributed by atoms with E-state index in [0.29, 0.717) is 5.82 Å². The third-order valence-corrected chi connectivity index (χ3v) is 3.08. The second-order valence-electron chi connectivity index (χ2n) is 4.29. The van der Waals surface area contributed by atoms with E-state index in [0.717, 1.165) is 22.7 Å². The predicted molar refractivity (Wildman–Crippen MR) is 77.8 cm³/mol. The van der Waals surface area contributed by atoms with Gasteiger partial charge in [0, 0.05) is 17.8 Å². The molecule has 0 spiro atoms. The Labute approximate surface area is 116 Å². The van der Waals surface area contributed by atoms with E-state index in [2.05, 4.69) is 9.97 Å². The molecule has 0 aliphatic carbocycles. The van der Waals surface area contributed by atoms with Crippen molar-refractivity contribution in [3.05, 3.63) is 55.1 Å². The lowest BCUT2D eigenvalue weighted by Gasteiger charge is -2.10. The van der Waals surface area contributed by atoms with E-state index in [9.17, 15) is 0 Å². The Morgan fingerprint density at radius 1 is 1.20 bits per heavy atom. The minimum absolute atomic E-state index is 0.483. The lowest BCUT2D eigenvalue weighted by atomic mass is 10.2. The van der Waals surface area contributed by atoms with Gasteiger partial charge < -0.3 is 10.5 Å². The number of pyridine rings is 1. The fraction of sp³-hybridized carbons (Fsp3) is 0.0667. The van der Waals surface area contributed by atoms with Crippen molar-refractivity contribution in [3.63, 3.8) is 0 Å². The molecule has 5 nitrogen and oxygen atoms in total. The van der Waals surface area contributed by atoms with Crippen LogP contribution in [0.1, 0.15) is 0 Å². The van der Waals surface area contributed by atoms with Gasteiger partial charge in [-0.1, -0.05) is 6.07 Å². The highest BCUT2D eigenvalue weighted by Gasteiger charge is 2.10. The molecule has 0 bridgehead atoms. The van der Waals surface area contributed by atoms with Crippen molar-refractivity contribution in [2.45, 2.75) is 0 Å². The van der Waals surface area contributed by atoms with Crippen LogP contribution in [-0.2, 0) is 0 Å². The number of nitrogens with two attached hydrogens (primary N) is 1. The van der Waals surface area contributed by atoms with Crippen molar-refractivity contribution >= 4 is 5.82 Å². The van der Waals surface area contributed by atoms with E-state index < -0.39 is 0 Å². The lowest BCUT2D eigenvalue weighted by Crippen LogP contribution is -1.99. The van der Waals surface area contributed by atoms with Gasteiger partial charge in [0.2, 0.25) is 0 Å². The van der Waals surface area contributed by atoms with E-state index in [-0.39, 0.29) is 0 Å². The van der Waals surface area contributed by atoms with E-state index in [1.165, 1.54) is 0 Å². The van der Waals surface area contributed by atoms with Gasteiger partial charge in [0.15, 0.2) is 0 Å². The number of hydrogen-bond donors (Lipinski definition) is 1. The molecule has 2 aromatic heterocycles. The molecule has 3 aromatic rings. The molecule has 0 saturated carbocycles. The number of methoxy groups -OCH3 is 1. The quantitative estimate of drug-likeness (QED) is 0.791. The molecular formula is C15H14N4O. The zero-order chi connectivity index (χ0) is 13.9. The van der Waals surface area contributed by atoms with Gasteiger partial charge in [-0.2, -0.15) is 0 Å². The summed E-state index contributed by atoms with van der Waals surface area (Å²) in [5, 5.41) is 0. The SMILES string of the molecule is COc1cccc(-n2cncc2-c2cccnc2N)c1. The van der Waals surface area contributed by atoms with Gasteiger partial charge in [0.25, 0.3) is 0 Å². The van der Waals surface area contributed by atoms with Crippen LogP contribution >= 0.6 is 0 Å². The van der Waals surface area contributed by atoms with Crippen LogP contribution in [-0.4, -0.2) is 21.6 Å². The predicted octanol–water partition coefficient (Wildman–Crippen LogP) is 2.53. The van der Waals surface area contributed by atoms with Gasteiger partial charge in [-0.15, -0.1) is 0 Å². The summed E-state index contributed by atoms with van der Waals surface area (Å²) >= 11 is 0. The van der Waals surface area contributed by atoms with Crippen LogP contribution in [0.15, 0.2) is 55.1 Å². The van der Waals surface area contributed by atoms with Crippen LogP contribution in [0.4, 0.5) is 5.82 Å². The number of nitrogens with zero attached hydrogens (tertiary/aromatic N) is 3. The van der Waals surface area contributed by atoms with Gasteiger partial charge in [-0.3, -0.25) is 4.57 Å². The number of benzene rings is 1. The van der Waals surface area contributed by atoms with Crippen LogP contribution < -0.4 is 10.5 Å². The average Bonchev–Trinajstić information content (AvgIpc) is 2.97. The summed E-state index contributed by atoms with van der Waals surface area (Å²) in [6, 6.07) is 11.5. The van der Waals surface area contributed by atoms with Crippen molar-refractivity contribution < 1.29 is 4.74 Å². The molecule has 0 amide bonds. The molecule has 1 aromatic carbocycles. The highest BCUT2D eigenvalue weighted by atomic mass is 16.5. The first-order chi connectivity index (χ1) is 9.79. The van der Waals surface area contributed by atoms with Crippen LogP contribution in [0, 0.1) is 0 Å². The van der Waals surface area contributed by atoms with Crippen LogP contribution in [0.3, 0.4) is 0 Å². The highest BCUT2D eigenvalue weighted by Crippen LogP contribution is 2.27. The maximum absolute atomic E-state index is 5.94. The van der Waals surface area contributed by atoms with Gasteiger partial charge in [-0.05, 0) is 24.3 Å². The molecule has 5 heteroatoms. The second kappa shape index (κ2) is 5.05. The molecule has 0 aliphatic rings. The summed E-state index contributed by atoms with van der Waals surface area (Å²) in [5.74, 6) is 1.28. The van der Waals surface area contributed by atoms with E-state index in [1.807, 2.05) is 41.0 Å². The number of aromatic nitrogens is 3. The smallest absolute Gasteiger partial charge is 0.132 e. The molecular weight excluding hydrogens is 252 g/mol. The number of hydrogen-bond acceptors (Lipinski definition) is 4. The van der Waals surface area contributed by atoms with Crippen molar-refractivity contribution in [3.8, 4) is 22.7 Å². The normalized spacial score (nSPS) is 10.4. The molecule has 0 fully saturated rings. The minimum Gasteiger partial charge on any atom is -0.497 e. The Morgan fingerprint density at radius 3 is 2.90 bits per heavy atom. The summed E-state index contributed by atoms with van der Waals surface area (Å²) in [5.41, 5.74) is 8.64. The Bertz CT molecular complexity index is 736. The fourth-order valence-corrected chi connectivity index (χ4v) is 2.09. The lowest BCUT2D eigenvalue weighted by molar-refractivity contribution is 0.414. The number of anilines is 1. The maximum Gasteiger partial charge on any atom is 0.132 e. The first-order valence-electron chi connectivity index (χ1n) is 6.17. The topological polar surface area (TPSA) is 66.0 Å². The van der Waals surface area contributed by atoms with Crippen molar-refractivity contribution in [2.24, 2.45) is 0 Å². The molecule has 20 heavy (non-hydrogen) atoms. The summed E-state index contributed by atoms with van der Waals surface area (Å²) in [6.07, 6.45) is 5.19. The van der Waals surface area contributed by atoms with Crippen LogP contribution in [0.5, 0.6) is 5.75 Å². The molecule has 0 aliphatic heterocycles. The number of rotatable bonds is 3. The monoisotopic (exact) mass is 266 g/mol. The summed E-state index contributed by atoms with van der Waals surface area (Å²) in [6.45, 7) is 0. The third-order valence-electron chi connectivity index (χ3n) is 3.08. The van der Waals surface area contributed by atoms with Crippen molar-refractivity contribution in [1.82, 2.24) is 14.5 Å². The minimum atomic E-state index is 0.483. The maximum atomic E-state index is 5.94. The Morgan fingerprint density at radius 2 is 2.10 bits per heavy atom. The molecule has 100 valence electrons. The third kappa shape index (κ3) is 2.09. The Balaban J connectivity index is 2.13. The standard InChI is InChI=1S/C15H14N4O/c1-20-12-5-2-4-11(8-12)19-10-17-9-14(19)13-6-3-7-18-15(13)16/h2-10H,1H3,(H2,16,18). The fourth-order valence-electron chi connectivity index (χ4n) is 2.09. The van der Waals surface area contributed by atoms with E-state index >= 15 is 0 Å². The van der Waals surface area contributed by atoms with Gasteiger partial charge in [-0.25, -0.2) is 9.97 Å². The van der Waals surface area contributed by atoms with E-state index in [4.69, 9.17) is 10.5 Å². The molecule has 3 rings (SSSR count). The second-order valence-corrected chi connectivity index (χ2v) is 4.29. The largest absolute Gasteiger partial charge is 0.497 e. The molecule has 2 heterocycles. The zero-order valence-electron chi connectivity index (χ0n) is 11.0. The van der Waals surface area contributed by atoms with Gasteiger partial charge in [0.1, 0.15) is 11.6 Å². The Kier molecular flexibility index (Phi) is 3.09.